The number of hydrogen-bond acceptors (Lipinski definition) is 8. The number of hydrogen-bond donors (Lipinski definition) is 0. The third-order valence-corrected chi connectivity index (χ3v) is 6.89. The molecule has 3 aromatic rings. The van der Waals surface area contributed by atoms with Crippen LogP contribution in [0.1, 0.15) is 45.8 Å². The zero-order valence-electron chi connectivity index (χ0n) is 19.0. The van der Waals surface area contributed by atoms with Crippen molar-refractivity contribution in [2.24, 2.45) is 0 Å². The maximum absolute atomic E-state index is 12.6. The fourth-order valence-corrected chi connectivity index (χ4v) is 5.17. The summed E-state index contributed by atoms with van der Waals surface area (Å²) >= 11 is 1.57. The number of thiazole rings is 1. The number of anilines is 1. The molecule has 5 heterocycles. The van der Waals surface area contributed by atoms with Crippen molar-refractivity contribution >= 4 is 34.5 Å². The first-order valence-electron chi connectivity index (χ1n) is 10.9. The average Bonchev–Trinajstić information content (AvgIpc) is 3.41. The summed E-state index contributed by atoms with van der Waals surface area (Å²) in [7, 11) is 1.69. The molecule has 9 heteroatoms. The smallest absolute Gasteiger partial charge is 0.410 e. The maximum atomic E-state index is 12.6. The minimum Gasteiger partial charge on any atom is -0.444 e. The fraction of sp³-hybridized carbons (Fsp3) is 0.522. The molecule has 2 bridgehead atoms. The van der Waals surface area contributed by atoms with Crippen molar-refractivity contribution in [3.63, 3.8) is 0 Å². The van der Waals surface area contributed by atoms with Crippen LogP contribution in [0.5, 0.6) is 0 Å². The number of amides is 1. The molecular formula is C23H28N4O4S. The van der Waals surface area contributed by atoms with E-state index in [1.807, 2.05) is 50.1 Å². The Bertz CT molecular complexity index is 1130. The molecule has 0 aliphatic carbocycles. The van der Waals surface area contributed by atoms with E-state index in [4.69, 9.17) is 18.9 Å². The first-order valence-corrected chi connectivity index (χ1v) is 11.8. The van der Waals surface area contributed by atoms with Crippen LogP contribution in [0.3, 0.4) is 0 Å². The highest BCUT2D eigenvalue weighted by Crippen LogP contribution is 2.40. The van der Waals surface area contributed by atoms with Crippen LogP contribution in [0.25, 0.3) is 21.7 Å². The summed E-state index contributed by atoms with van der Waals surface area (Å²) in [6.45, 7) is 9.02. The van der Waals surface area contributed by atoms with Crippen LogP contribution in [0.15, 0.2) is 28.1 Å². The molecule has 3 atom stereocenters. The van der Waals surface area contributed by atoms with Gasteiger partial charge in [-0.15, -0.1) is 11.3 Å². The second-order valence-corrected chi connectivity index (χ2v) is 10.3. The van der Waals surface area contributed by atoms with E-state index in [-0.39, 0.29) is 24.3 Å². The fourth-order valence-electron chi connectivity index (χ4n) is 4.51. The van der Waals surface area contributed by atoms with Gasteiger partial charge in [0.15, 0.2) is 5.58 Å². The van der Waals surface area contributed by atoms with Gasteiger partial charge in [0.25, 0.3) is 6.01 Å². The Hall–Kier alpha value is -2.65. The molecule has 2 aromatic heterocycles. The molecule has 1 aromatic carbocycles. The second-order valence-electron chi connectivity index (χ2n) is 9.43. The van der Waals surface area contributed by atoms with Crippen LogP contribution in [0.2, 0.25) is 0 Å². The van der Waals surface area contributed by atoms with Crippen LogP contribution >= 0.6 is 11.3 Å². The highest BCUT2D eigenvalue weighted by molar-refractivity contribution is 7.13. The van der Waals surface area contributed by atoms with Gasteiger partial charge < -0.3 is 18.8 Å². The predicted octanol–water partition coefficient (Wildman–Crippen LogP) is 4.86. The number of carbonyl (C=O) groups excluding carboxylic acids is 1. The van der Waals surface area contributed by atoms with Crippen LogP contribution in [-0.4, -0.2) is 58.8 Å². The van der Waals surface area contributed by atoms with Crippen molar-refractivity contribution < 1.29 is 18.7 Å². The van der Waals surface area contributed by atoms with Crippen molar-refractivity contribution in [1.82, 2.24) is 14.9 Å². The molecule has 0 N–H and O–H groups in total. The van der Waals surface area contributed by atoms with E-state index in [9.17, 15) is 4.79 Å². The summed E-state index contributed by atoms with van der Waals surface area (Å²) in [6.07, 6.45) is 2.42. The first-order chi connectivity index (χ1) is 15.2. The molecule has 0 saturated carbocycles. The quantitative estimate of drug-likeness (QED) is 0.555. The lowest BCUT2D eigenvalue weighted by atomic mass is 9.88. The summed E-state index contributed by atoms with van der Waals surface area (Å²) in [5, 5.41) is 2.85. The standard InChI is InChI=1S/C23H28N4O4S/c1-13(29-5)16-6-7-17(20-24-8-9-32-20)19-18(16)25-21(30-19)26-11-14-10-15(12-26)27(14)22(28)31-23(2,3)4/h6-9,13-15H,10-12H2,1-5H3. The number of ether oxygens (including phenoxy) is 2. The van der Waals surface area contributed by atoms with Gasteiger partial charge in [0.05, 0.1) is 23.8 Å². The number of nitrogens with zero attached hydrogens (tertiary/aromatic N) is 4. The molecule has 3 saturated heterocycles. The SMILES string of the molecule is COC(C)c1ccc(-c2nccs2)c2oc(N3CC4CC(C3)N4C(=O)OC(C)(C)C)nc12. The summed E-state index contributed by atoms with van der Waals surface area (Å²) < 4.78 is 17.5. The Morgan fingerprint density at radius 3 is 2.66 bits per heavy atom. The Kier molecular flexibility index (Phi) is 5.13. The summed E-state index contributed by atoms with van der Waals surface area (Å²) in [5.41, 5.74) is 2.93. The van der Waals surface area contributed by atoms with Crippen LogP contribution < -0.4 is 4.90 Å². The zero-order chi connectivity index (χ0) is 22.6. The summed E-state index contributed by atoms with van der Waals surface area (Å²) in [4.78, 5) is 25.9. The van der Waals surface area contributed by atoms with E-state index < -0.39 is 5.60 Å². The Balaban J connectivity index is 1.45. The maximum Gasteiger partial charge on any atom is 0.410 e. The van der Waals surface area contributed by atoms with Gasteiger partial charge in [0, 0.05) is 37.3 Å². The van der Waals surface area contributed by atoms with Gasteiger partial charge >= 0.3 is 6.09 Å². The second kappa shape index (κ2) is 7.74. The van der Waals surface area contributed by atoms with Crippen LogP contribution in [0.4, 0.5) is 10.8 Å². The van der Waals surface area contributed by atoms with E-state index in [0.29, 0.717) is 19.1 Å². The molecule has 3 aliphatic heterocycles. The van der Waals surface area contributed by atoms with Crippen molar-refractivity contribution in [2.45, 2.75) is 57.9 Å². The number of methoxy groups -OCH3 is 1. The van der Waals surface area contributed by atoms with Gasteiger partial charge in [0.2, 0.25) is 0 Å². The highest BCUT2D eigenvalue weighted by atomic mass is 32.1. The number of rotatable bonds is 4. The molecule has 3 aliphatic rings. The van der Waals surface area contributed by atoms with Gasteiger partial charge in [0.1, 0.15) is 16.1 Å². The van der Waals surface area contributed by atoms with Gasteiger partial charge in [-0.3, -0.25) is 4.90 Å². The zero-order valence-corrected chi connectivity index (χ0v) is 19.8. The normalized spacial score (nSPS) is 21.5. The summed E-state index contributed by atoms with van der Waals surface area (Å²) in [5.74, 6) is 0. The first kappa shape index (κ1) is 21.2. The lowest BCUT2D eigenvalue weighted by molar-refractivity contribution is -0.0386. The number of fused-ring (bicyclic) bond motifs is 3. The van der Waals surface area contributed by atoms with Crippen molar-refractivity contribution in [3.8, 4) is 10.6 Å². The molecule has 3 fully saturated rings. The third kappa shape index (κ3) is 3.63. The third-order valence-electron chi connectivity index (χ3n) is 6.09. The van der Waals surface area contributed by atoms with Crippen molar-refractivity contribution in [2.75, 3.05) is 25.1 Å². The van der Waals surface area contributed by atoms with Crippen molar-refractivity contribution in [1.29, 1.82) is 0 Å². The number of piperidine rings is 1. The van der Waals surface area contributed by atoms with Gasteiger partial charge in [-0.1, -0.05) is 6.07 Å². The molecule has 8 nitrogen and oxygen atoms in total. The van der Waals surface area contributed by atoms with E-state index in [1.165, 1.54) is 0 Å². The van der Waals surface area contributed by atoms with E-state index >= 15 is 0 Å². The monoisotopic (exact) mass is 456 g/mol. The molecule has 0 radical (unpaired) electrons. The Morgan fingerprint density at radius 2 is 2.03 bits per heavy atom. The van der Waals surface area contributed by atoms with Gasteiger partial charge in [-0.25, -0.2) is 9.78 Å². The number of carbonyl (C=O) groups is 1. The largest absolute Gasteiger partial charge is 0.444 e. The Morgan fingerprint density at radius 1 is 1.28 bits per heavy atom. The van der Waals surface area contributed by atoms with Gasteiger partial charge in [-0.2, -0.15) is 4.98 Å². The molecule has 1 amide bonds. The van der Waals surface area contributed by atoms with E-state index in [0.717, 1.165) is 33.7 Å². The number of piperazine rings is 1. The molecule has 6 rings (SSSR count). The number of aromatic nitrogens is 2. The highest BCUT2D eigenvalue weighted by Gasteiger charge is 2.49. The minimum absolute atomic E-state index is 0.106. The Labute approximate surface area is 191 Å². The molecule has 0 spiro atoms. The lowest BCUT2D eigenvalue weighted by Crippen LogP contribution is -2.70. The van der Waals surface area contributed by atoms with Gasteiger partial charge in [-0.05, 0) is 40.2 Å². The van der Waals surface area contributed by atoms with E-state index in [2.05, 4.69) is 9.88 Å². The van der Waals surface area contributed by atoms with E-state index in [1.54, 1.807) is 24.6 Å². The lowest BCUT2D eigenvalue weighted by Gasteiger charge is -2.55. The molecular weight excluding hydrogens is 428 g/mol. The number of benzene rings is 1. The topological polar surface area (TPSA) is 80.9 Å². The minimum atomic E-state index is -0.498. The van der Waals surface area contributed by atoms with Crippen molar-refractivity contribution in [3.05, 3.63) is 29.3 Å². The summed E-state index contributed by atoms with van der Waals surface area (Å²) in [6, 6.07) is 4.85. The number of oxazole rings is 1. The molecule has 3 unspecified atom stereocenters. The van der Waals surface area contributed by atoms with Crippen LogP contribution in [-0.2, 0) is 9.47 Å². The molecule has 170 valence electrons. The van der Waals surface area contributed by atoms with Crippen LogP contribution in [0, 0.1) is 0 Å². The molecule has 32 heavy (non-hydrogen) atoms. The average molecular weight is 457 g/mol. The predicted molar refractivity (Wildman–Crippen MR) is 123 cm³/mol.